The van der Waals surface area contributed by atoms with Crippen LogP contribution < -0.4 is 10.1 Å². The first kappa shape index (κ1) is 14.6. The van der Waals surface area contributed by atoms with Crippen LogP contribution in [0.25, 0.3) is 0 Å². The Morgan fingerprint density at radius 1 is 1.42 bits per heavy atom. The van der Waals surface area contributed by atoms with Crippen molar-refractivity contribution < 1.29 is 13.2 Å². The summed E-state index contributed by atoms with van der Waals surface area (Å²) in [5, 5.41) is 3.91. The highest BCUT2D eigenvalue weighted by molar-refractivity contribution is 7.90. The number of nitrogens with one attached hydrogen (secondary N) is 1. The lowest BCUT2D eigenvalue weighted by molar-refractivity contribution is 0.336. The molecule has 0 radical (unpaired) electrons. The van der Waals surface area contributed by atoms with E-state index < -0.39 is 9.84 Å². The Hall–Kier alpha value is -0.780. The van der Waals surface area contributed by atoms with Crippen molar-refractivity contribution in [1.29, 1.82) is 0 Å². The van der Waals surface area contributed by atoms with Crippen molar-refractivity contribution in [3.8, 4) is 5.75 Å². The van der Waals surface area contributed by atoms with E-state index in [0.717, 1.165) is 5.56 Å². The average molecular weight is 304 g/mol. The van der Waals surface area contributed by atoms with E-state index in [1.165, 1.54) is 19.1 Å². The van der Waals surface area contributed by atoms with Crippen molar-refractivity contribution in [3.05, 3.63) is 28.8 Å². The topological polar surface area (TPSA) is 55.4 Å². The van der Waals surface area contributed by atoms with Gasteiger partial charge in [-0.2, -0.15) is 0 Å². The van der Waals surface area contributed by atoms with E-state index in [2.05, 4.69) is 5.32 Å². The van der Waals surface area contributed by atoms with Gasteiger partial charge in [-0.15, -0.1) is 0 Å². The third-order valence-corrected chi connectivity index (χ3v) is 4.11. The molecule has 1 aliphatic carbocycles. The predicted molar refractivity (Wildman–Crippen MR) is 76.5 cm³/mol. The van der Waals surface area contributed by atoms with Crippen LogP contribution in [0.3, 0.4) is 0 Å². The molecule has 0 unspecified atom stereocenters. The van der Waals surface area contributed by atoms with E-state index in [4.69, 9.17) is 16.3 Å². The van der Waals surface area contributed by atoms with E-state index in [-0.39, 0.29) is 12.4 Å². The number of rotatable bonds is 7. The van der Waals surface area contributed by atoms with Crippen LogP contribution >= 0.6 is 11.6 Å². The first-order valence-electron chi connectivity index (χ1n) is 6.27. The molecular formula is C13H18ClNO3S. The van der Waals surface area contributed by atoms with Gasteiger partial charge in [0.25, 0.3) is 0 Å². The molecule has 1 N–H and O–H groups in total. The minimum absolute atomic E-state index is 0.00623. The fraction of sp³-hybridized carbons (Fsp3) is 0.538. The van der Waals surface area contributed by atoms with Crippen molar-refractivity contribution in [2.75, 3.05) is 18.6 Å². The number of ether oxygens (including phenoxy) is 1. The molecule has 1 aromatic carbocycles. The van der Waals surface area contributed by atoms with Crippen LogP contribution in [0.2, 0.25) is 5.02 Å². The largest absolute Gasteiger partial charge is 0.491 e. The first-order chi connectivity index (χ1) is 8.96. The van der Waals surface area contributed by atoms with Crippen molar-refractivity contribution in [3.63, 3.8) is 0 Å². The number of benzene rings is 1. The zero-order valence-electron chi connectivity index (χ0n) is 10.9. The van der Waals surface area contributed by atoms with Gasteiger partial charge in [0, 0.05) is 24.4 Å². The van der Waals surface area contributed by atoms with Crippen LogP contribution in [-0.2, 0) is 16.4 Å². The zero-order chi connectivity index (χ0) is 13.9. The van der Waals surface area contributed by atoms with Gasteiger partial charge in [0.15, 0.2) is 9.84 Å². The summed E-state index contributed by atoms with van der Waals surface area (Å²) in [6, 6.07) is 6.16. The normalized spacial score (nSPS) is 15.5. The Balaban J connectivity index is 1.99. The molecule has 4 nitrogen and oxygen atoms in total. The Bertz CT molecular complexity index is 541. The standard InChI is InChI=1S/C13H18ClNO3S/c1-19(16,17)8-7-18-13-10(3-2-4-12(13)14)9-15-11-5-6-11/h2-4,11,15H,5-9H2,1H3. The van der Waals surface area contributed by atoms with Gasteiger partial charge >= 0.3 is 0 Å². The Morgan fingerprint density at radius 3 is 2.79 bits per heavy atom. The summed E-state index contributed by atoms with van der Waals surface area (Å²) in [5.74, 6) is 0.578. The Labute approximate surface area is 119 Å². The highest BCUT2D eigenvalue weighted by atomic mass is 35.5. The lowest BCUT2D eigenvalue weighted by atomic mass is 10.2. The summed E-state index contributed by atoms with van der Waals surface area (Å²) in [4.78, 5) is 0. The van der Waals surface area contributed by atoms with Crippen molar-refractivity contribution in [2.24, 2.45) is 0 Å². The highest BCUT2D eigenvalue weighted by Crippen LogP contribution is 2.29. The maximum absolute atomic E-state index is 11.1. The number of para-hydroxylation sites is 1. The summed E-state index contributed by atoms with van der Waals surface area (Å²) in [5.41, 5.74) is 0.966. The molecule has 0 amide bonds. The maximum Gasteiger partial charge on any atom is 0.150 e. The average Bonchev–Trinajstić information content (AvgIpc) is 3.11. The van der Waals surface area contributed by atoms with Crippen LogP contribution in [0, 0.1) is 0 Å². The number of halogens is 1. The number of hydrogen-bond donors (Lipinski definition) is 1. The molecule has 0 bridgehead atoms. The molecule has 0 saturated heterocycles. The lowest BCUT2D eigenvalue weighted by Crippen LogP contribution is -2.17. The Morgan fingerprint density at radius 2 is 2.16 bits per heavy atom. The monoisotopic (exact) mass is 303 g/mol. The molecular weight excluding hydrogens is 286 g/mol. The number of sulfone groups is 1. The molecule has 0 heterocycles. The Kier molecular flexibility index (Phi) is 4.71. The van der Waals surface area contributed by atoms with Gasteiger partial charge in [-0.1, -0.05) is 23.7 Å². The third kappa shape index (κ3) is 5.01. The van der Waals surface area contributed by atoms with E-state index in [9.17, 15) is 8.42 Å². The minimum Gasteiger partial charge on any atom is -0.491 e. The van der Waals surface area contributed by atoms with Gasteiger partial charge < -0.3 is 10.1 Å². The fourth-order valence-corrected chi connectivity index (χ4v) is 2.33. The third-order valence-electron chi connectivity index (χ3n) is 2.91. The predicted octanol–water partition coefficient (Wildman–Crippen LogP) is 2.02. The molecule has 1 aliphatic rings. The molecule has 1 aromatic rings. The molecule has 0 atom stereocenters. The molecule has 0 spiro atoms. The van der Waals surface area contributed by atoms with E-state index in [1.807, 2.05) is 12.1 Å². The van der Waals surface area contributed by atoms with Crippen molar-refractivity contribution >= 4 is 21.4 Å². The van der Waals surface area contributed by atoms with Crippen LogP contribution in [0.1, 0.15) is 18.4 Å². The molecule has 19 heavy (non-hydrogen) atoms. The van der Waals surface area contributed by atoms with Crippen molar-refractivity contribution in [1.82, 2.24) is 5.32 Å². The SMILES string of the molecule is CS(=O)(=O)CCOc1c(Cl)cccc1CNC1CC1. The van der Waals surface area contributed by atoms with E-state index >= 15 is 0 Å². The fourth-order valence-electron chi connectivity index (χ4n) is 1.69. The number of hydrogen-bond acceptors (Lipinski definition) is 4. The second-order valence-corrected chi connectivity index (χ2v) is 7.53. The van der Waals surface area contributed by atoms with Gasteiger partial charge in [0.2, 0.25) is 0 Å². The summed E-state index contributed by atoms with van der Waals surface area (Å²) in [7, 11) is -3.02. The highest BCUT2D eigenvalue weighted by Gasteiger charge is 2.21. The first-order valence-corrected chi connectivity index (χ1v) is 8.71. The smallest absolute Gasteiger partial charge is 0.150 e. The molecule has 0 aromatic heterocycles. The van der Waals surface area contributed by atoms with Gasteiger partial charge in [-0.3, -0.25) is 0 Å². The van der Waals surface area contributed by atoms with E-state index in [0.29, 0.717) is 23.4 Å². The molecule has 6 heteroatoms. The molecule has 106 valence electrons. The zero-order valence-corrected chi connectivity index (χ0v) is 12.4. The molecule has 0 aliphatic heterocycles. The van der Waals surface area contributed by atoms with Gasteiger partial charge in [0.05, 0.1) is 10.8 Å². The second-order valence-electron chi connectivity index (χ2n) is 4.86. The second kappa shape index (κ2) is 6.11. The lowest BCUT2D eigenvalue weighted by Gasteiger charge is -2.13. The van der Waals surface area contributed by atoms with Crippen LogP contribution in [-0.4, -0.2) is 33.1 Å². The summed E-state index contributed by atoms with van der Waals surface area (Å²) in [6.07, 6.45) is 3.62. The van der Waals surface area contributed by atoms with Crippen LogP contribution in [0.4, 0.5) is 0 Å². The van der Waals surface area contributed by atoms with Crippen molar-refractivity contribution in [2.45, 2.75) is 25.4 Å². The maximum atomic E-state index is 11.1. The van der Waals surface area contributed by atoms with Crippen LogP contribution in [0.15, 0.2) is 18.2 Å². The summed E-state index contributed by atoms with van der Waals surface area (Å²) >= 11 is 6.11. The molecule has 1 fully saturated rings. The van der Waals surface area contributed by atoms with Gasteiger partial charge in [0.1, 0.15) is 12.4 Å². The summed E-state index contributed by atoms with van der Waals surface area (Å²) in [6.45, 7) is 0.818. The molecule has 2 rings (SSSR count). The summed E-state index contributed by atoms with van der Waals surface area (Å²) < 4.78 is 27.7. The van der Waals surface area contributed by atoms with Gasteiger partial charge in [-0.25, -0.2) is 8.42 Å². The van der Waals surface area contributed by atoms with Crippen LogP contribution in [0.5, 0.6) is 5.75 Å². The van der Waals surface area contributed by atoms with Gasteiger partial charge in [-0.05, 0) is 18.9 Å². The quantitative estimate of drug-likeness (QED) is 0.837. The molecule has 1 saturated carbocycles. The van der Waals surface area contributed by atoms with E-state index in [1.54, 1.807) is 6.07 Å². The minimum atomic E-state index is -3.02.